The number of esters is 1. The number of carbonyl (C=O) groups excluding carboxylic acids is 3. The predicted octanol–water partition coefficient (Wildman–Crippen LogP) is 0.810. The standard InChI is InChI=1S/C19H27N3O4/c1-4-26-18(24)15-8-6-10-22(11-15)12-17(23)21-19(25)20-16-9-5-7-13(2)14(16)3/h5,7,9,15H,4,6,8,10-12H2,1-3H3,(H2,20,21,23,25)/p+1/t15-/m1/s1. The Morgan fingerprint density at radius 3 is 2.77 bits per heavy atom. The zero-order valence-electron chi connectivity index (χ0n) is 15.7. The molecule has 1 unspecified atom stereocenters. The molecule has 2 atom stereocenters. The van der Waals surface area contributed by atoms with Gasteiger partial charge in [-0.2, -0.15) is 0 Å². The van der Waals surface area contributed by atoms with E-state index in [-0.39, 0.29) is 24.3 Å². The van der Waals surface area contributed by atoms with Crippen LogP contribution < -0.4 is 15.5 Å². The summed E-state index contributed by atoms with van der Waals surface area (Å²) in [6.07, 6.45) is 1.65. The number of nitrogens with one attached hydrogen (secondary N) is 3. The molecule has 3 amide bonds. The Morgan fingerprint density at radius 2 is 2.04 bits per heavy atom. The van der Waals surface area contributed by atoms with Crippen LogP contribution in [0.2, 0.25) is 0 Å². The number of aryl methyl sites for hydroxylation is 1. The highest BCUT2D eigenvalue weighted by Crippen LogP contribution is 2.17. The topological polar surface area (TPSA) is 88.9 Å². The minimum absolute atomic E-state index is 0.163. The Kier molecular flexibility index (Phi) is 7.15. The molecule has 26 heavy (non-hydrogen) atoms. The number of ether oxygens (including phenoxy) is 1. The number of carbonyl (C=O) groups is 3. The third kappa shape index (κ3) is 5.56. The molecule has 1 heterocycles. The van der Waals surface area contributed by atoms with Gasteiger partial charge in [0.25, 0.3) is 5.91 Å². The molecule has 1 saturated heterocycles. The highest BCUT2D eigenvalue weighted by molar-refractivity contribution is 6.01. The lowest BCUT2D eigenvalue weighted by molar-refractivity contribution is -0.899. The van der Waals surface area contributed by atoms with E-state index in [1.807, 2.05) is 26.0 Å². The number of amides is 3. The van der Waals surface area contributed by atoms with E-state index in [9.17, 15) is 14.4 Å². The van der Waals surface area contributed by atoms with E-state index in [4.69, 9.17) is 4.74 Å². The summed E-state index contributed by atoms with van der Waals surface area (Å²) in [4.78, 5) is 37.1. The van der Waals surface area contributed by atoms with Crippen molar-refractivity contribution in [1.29, 1.82) is 0 Å². The van der Waals surface area contributed by atoms with E-state index in [1.54, 1.807) is 13.0 Å². The van der Waals surface area contributed by atoms with Crippen molar-refractivity contribution in [2.24, 2.45) is 5.92 Å². The van der Waals surface area contributed by atoms with Crippen molar-refractivity contribution < 1.29 is 24.0 Å². The van der Waals surface area contributed by atoms with Gasteiger partial charge >= 0.3 is 12.0 Å². The Bertz CT molecular complexity index is 675. The molecular weight excluding hydrogens is 334 g/mol. The molecule has 0 spiro atoms. The molecule has 0 bridgehead atoms. The number of hydrogen-bond donors (Lipinski definition) is 3. The molecular formula is C19H28N3O4+. The maximum Gasteiger partial charge on any atom is 0.326 e. The molecule has 7 nitrogen and oxygen atoms in total. The summed E-state index contributed by atoms with van der Waals surface area (Å²) in [7, 11) is 0. The molecule has 3 N–H and O–H groups in total. The maximum absolute atomic E-state index is 12.2. The van der Waals surface area contributed by atoms with Crippen LogP contribution in [0.15, 0.2) is 18.2 Å². The van der Waals surface area contributed by atoms with Crippen LogP contribution >= 0.6 is 0 Å². The molecule has 0 aromatic heterocycles. The van der Waals surface area contributed by atoms with Crippen molar-refractivity contribution in [3.05, 3.63) is 29.3 Å². The summed E-state index contributed by atoms with van der Waals surface area (Å²) >= 11 is 0. The van der Waals surface area contributed by atoms with Gasteiger partial charge in [-0.1, -0.05) is 12.1 Å². The van der Waals surface area contributed by atoms with Gasteiger partial charge in [0.05, 0.1) is 19.7 Å². The summed E-state index contributed by atoms with van der Waals surface area (Å²) in [6, 6.07) is 5.07. The third-order valence-corrected chi connectivity index (χ3v) is 4.75. The van der Waals surface area contributed by atoms with Crippen LogP contribution in [0.5, 0.6) is 0 Å². The van der Waals surface area contributed by atoms with Crippen LogP contribution in [-0.2, 0) is 14.3 Å². The van der Waals surface area contributed by atoms with E-state index in [2.05, 4.69) is 10.6 Å². The number of benzene rings is 1. The first-order chi connectivity index (χ1) is 12.4. The van der Waals surface area contributed by atoms with Gasteiger partial charge in [0.15, 0.2) is 6.54 Å². The van der Waals surface area contributed by atoms with E-state index < -0.39 is 6.03 Å². The smallest absolute Gasteiger partial charge is 0.326 e. The highest BCUT2D eigenvalue weighted by atomic mass is 16.5. The van der Waals surface area contributed by atoms with Crippen LogP contribution in [0.1, 0.15) is 30.9 Å². The minimum Gasteiger partial charge on any atom is -0.466 e. The Labute approximate surface area is 154 Å². The van der Waals surface area contributed by atoms with Crippen molar-refractivity contribution in [3.63, 3.8) is 0 Å². The first-order valence-corrected chi connectivity index (χ1v) is 9.08. The molecule has 7 heteroatoms. The summed E-state index contributed by atoms with van der Waals surface area (Å²) in [5.74, 6) is -0.722. The summed E-state index contributed by atoms with van der Waals surface area (Å²) in [5, 5.41) is 5.07. The van der Waals surface area contributed by atoms with Crippen LogP contribution in [0, 0.1) is 19.8 Å². The van der Waals surface area contributed by atoms with Crippen LogP contribution in [0.25, 0.3) is 0 Å². The number of quaternary nitrogens is 1. The van der Waals surface area contributed by atoms with Crippen LogP contribution in [0.4, 0.5) is 10.5 Å². The Balaban J connectivity index is 1.83. The number of anilines is 1. The zero-order chi connectivity index (χ0) is 19.1. The van der Waals surface area contributed by atoms with Gasteiger partial charge in [0.1, 0.15) is 5.92 Å². The Morgan fingerprint density at radius 1 is 1.27 bits per heavy atom. The van der Waals surface area contributed by atoms with Crippen LogP contribution in [0.3, 0.4) is 0 Å². The lowest BCUT2D eigenvalue weighted by Gasteiger charge is -2.28. The second kappa shape index (κ2) is 9.33. The lowest BCUT2D eigenvalue weighted by atomic mass is 9.98. The monoisotopic (exact) mass is 362 g/mol. The molecule has 1 aliphatic heterocycles. The first kappa shape index (κ1) is 19.9. The number of hydrogen-bond acceptors (Lipinski definition) is 4. The predicted molar refractivity (Wildman–Crippen MR) is 98.0 cm³/mol. The van der Waals surface area contributed by atoms with Gasteiger partial charge in [-0.15, -0.1) is 0 Å². The number of urea groups is 1. The van der Waals surface area contributed by atoms with Gasteiger partial charge in [0.2, 0.25) is 0 Å². The minimum atomic E-state index is -0.540. The van der Waals surface area contributed by atoms with Gasteiger partial charge in [0, 0.05) is 5.69 Å². The van der Waals surface area contributed by atoms with Crippen molar-refractivity contribution in [3.8, 4) is 0 Å². The van der Waals surface area contributed by atoms with Gasteiger partial charge in [-0.05, 0) is 50.8 Å². The van der Waals surface area contributed by atoms with Gasteiger partial charge in [-0.25, -0.2) is 4.79 Å². The van der Waals surface area contributed by atoms with Gasteiger partial charge in [-0.3, -0.25) is 14.9 Å². The zero-order valence-corrected chi connectivity index (χ0v) is 15.7. The van der Waals surface area contributed by atoms with E-state index in [1.165, 1.54) is 0 Å². The SMILES string of the molecule is CCOC(=O)[C@@H]1CCC[NH+](CC(=O)NC(=O)Nc2cccc(C)c2C)C1. The normalized spacial score (nSPS) is 19.5. The van der Waals surface area contributed by atoms with Crippen molar-refractivity contribution in [2.75, 3.05) is 31.6 Å². The van der Waals surface area contributed by atoms with E-state index >= 15 is 0 Å². The molecule has 1 aliphatic rings. The maximum atomic E-state index is 12.2. The van der Waals surface area contributed by atoms with E-state index in [0.29, 0.717) is 18.8 Å². The van der Waals surface area contributed by atoms with Crippen molar-refractivity contribution >= 4 is 23.6 Å². The summed E-state index contributed by atoms with van der Waals surface area (Å²) < 4.78 is 5.07. The summed E-state index contributed by atoms with van der Waals surface area (Å²) in [6.45, 7) is 7.56. The quantitative estimate of drug-likeness (QED) is 0.677. The average Bonchev–Trinajstić information content (AvgIpc) is 2.59. The van der Waals surface area contributed by atoms with E-state index in [0.717, 1.165) is 35.4 Å². The molecule has 1 aromatic carbocycles. The fourth-order valence-electron chi connectivity index (χ4n) is 3.21. The van der Waals surface area contributed by atoms with Gasteiger partial charge < -0.3 is 15.0 Å². The van der Waals surface area contributed by atoms with Crippen molar-refractivity contribution in [2.45, 2.75) is 33.6 Å². The highest BCUT2D eigenvalue weighted by Gasteiger charge is 2.31. The van der Waals surface area contributed by atoms with Crippen molar-refractivity contribution in [1.82, 2.24) is 5.32 Å². The van der Waals surface area contributed by atoms with Crippen LogP contribution in [-0.4, -0.2) is 44.1 Å². The molecule has 0 saturated carbocycles. The average molecular weight is 362 g/mol. The molecule has 1 aromatic rings. The fraction of sp³-hybridized carbons (Fsp3) is 0.526. The number of likely N-dealkylation sites (tertiary alicyclic amines) is 1. The Hall–Kier alpha value is -2.41. The molecule has 1 fully saturated rings. The molecule has 0 radical (unpaired) electrons. The number of rotatable bonds is 5. The molecule has 142 valence electrons. The first-order valence-electron chi connectivity index (χ1n) is 9.08. The third-order valence-electron chi connectivity index (χ3n) is 4.75. The second-order valence-electron chi connectivity index (χ2n) is 6.72. The molecule has 0 aliphatic carbocycles. The number of piperidine rings is 1. The lowest BCUT2D eigenvalue weighted by Crippen LogP contribution is -3.14. The fourth-order valence-corrected chi connectivity index (χ4v) is 3.21. The number of imide groups is 1. The largest absolute Gasteiger partial charge is 0.466 e. The summed E-state index contributed by atoms with van der Waals surface area (Å²) in [5.41, 5.74) is 2.72. The molecule has 2 rings (SSSR count). The second-order valence-corrected chi connectivity index (χ2v) is 6.72.